The molecule has 0 heterocycles. The lowest BCUT2D eigenvalue weighted by molar-refractivity contribution is -0.118. The zero-order valence-corrected chi connectivity index (χ0v) is 20.9. The highest BCUT2D eigenvalue weighted by molar-refractivity contribution is 6.03. The smallest absolute Gasteiger partial charge is 0.248 e. The predicted molar refractivity (Wildman–Crippen MR) is 147 cm³/mol. The molecule has 7 heteroatoms. The Hall–Kier alpha value is -3.94. The topological polar surface area (TPSA) is 102 Å². The van der Waals surface area contributed by atoms with Crippen LogP contribution in [0.25, 0.3) is 6.08 Å². The number of aliphatic hydroxyl groups is 1. The van der Waals surface area contributed by atoms with Crippen molar-refractivity contribution >= 4 is 35.0 Å². The molecule has 0 bridgehead atoms. The first-order chi connectivity index (χ1) is 17.4. The Labute approximate surface area is 212 Å². The minimum absolute atomic E-state index is 0.0839. The van der Waals surface area contributed by atoms with Crippen molar-refractivity contribution in [1.29, 1.82) is 0 Å². The molecule has 0 spiro atoms. The second-order valence-electron chi connectivity index (χ2n) is 8.66. The number of aliphatic hydroxyl groups excluding tert-OH is 1. The maximum Gasteiger partial charge on any atom is 0.248 e. The first-order valence-corrected chi connectivity index (χ1v) is 12.0. The fraction of sp³-hybridized carbons (Fsp3) is 0.241. The van der Waals surface area contributed by atoms with Crippen molar-refractivity contribution < 1.29 is 14.7 Å². The first kappa shape index (κ1) is 26.7. The van der Waals surface area contributed by atoms with Crippen molar-refractivity contribution in [3.05, 3.63) is 95.6 Å². The third-order valence-electron chi connectivity index (χ3n) is 5.72. The van der Waals surface area contributed by atoms with Gasteiger partial charge in [0, 0.05) is 25.4 Å². The molecule has 1 atom stereocenters. The number of nitrogens with one attached hydrogen (secondary N) is 4. The van der Waals surface area contributed by atoms with Gasteiger partial charge >= 0.3 is 0 Å². The summed E-state index contributed by atoms with van der Waals surface area (Å²) < 4.78 is 0. The second-order valence-corrected chi connectivity index (χ2v) is 8.66. The number of amides is 2. The lowest BCUT2D eigenvalue weighted by Gasteiger charge is -2.19. The van der Waals surface area contributed by atoms with Gasteiger partial charge in [0.1, 0.15) is 6.04 Å². The lowest BCUT2D eigenvalue weighted by Crippen LogP contribution is -2.34. The van der Waals surface area contributed by atoms with Crippen LogP contribution in [0, 0.1) is 0 Å². The Balaban J connectivity index is 1.67. The Morgan fingerprint density at radius 3 is 2.11 bits per heavy atom. The molecular weight excluding hydrogens is 452 g/mol. The molecular formula is C29H34N4O3. The summed E-state index contributed by atoms with van der Waals surface area (Å²) in [5, 5.41) is 21.2. The molecule has 0 saturated heterocycles. The van der Waals surface area contributed by atoms with Crippen molar-refractivity contribution in [2.75, 3.05) is 36.1 Å². The van der Waals surface area contributed by atoms with E-state index in [4.69, 9.17) is 0 Å². The van der Waals surface area contributed by atoms with Gasteiger partial charge in [-0.3, -0.25) is 14.9 Å². The summed E-state index contributed by atoms with van der Waals surface area (Å²) in [5.74, 6) is -0.0461. The van der Waals surface area contributed by atoms with E-state index in [0.29, 0.717) is 17.3 Å². The summed E-state index contributed by atoms with van der Waals surface area (Å²) in [6.07, 6.45) is 3.18. The molecule has 0 aliphatic rings. The fourth-order valence-electron chi connectivity index (χ4n) is 3.69. The summed E-state index contributed by atoms with van der Waals surface area (Å²) in [5.41, 5.74) is 5.02. The van der Waals surface area contributed by atoms with Crippen molar-refractivity contribution in [3.8, 4) is 0 Å². The number of hydrogen-bond donors (Lipinski definition) is 5. The maximum atomic E-state index is 13.0. The van der Waals surface area contributed by atoms with Crippen LogP contribution in [0.3, 0.4) is 0 Å². The Kier molecular flexibility index (Phi) is 9.80. The molecule has 0 fully saturated rings. The number of carbonyl (C=O) groups excluding carboxylic acids is 2. The molecule has 3 aromatic carbocycles. The maximum absolute atomic E-state index is 13.0. The molecule has 5 N–H and O–H groups in total. The fourth-order valence-corrected chi connectivity index (χ4v) is 3.69. The van der Waals surface area contributed by atoms with E-state index in [2.05, 4.69) is 35.1 Å². The number of anilines is 3. The van der Waals surface area contributed by atoms with Crippen LogP contribution in [-0.2, 0) is 9.59 Å². The lowest BCUT2D eigenvalue weighted by atomic mass is 10.0. The van der Waals surface area contributed by atoms with E-state index >= 15 is 0 Å². The summed E-state index contributed by atoms with van der Waals surface area (Å²) in [6.45, 7) is 4.44. The monoisotopic (exact) mass is 486 g/mol. The zero-order valence-electron chi connectivity index (χ0n) is 20.9. The number of para-hydroxylation sites is 2. The van der Waals surface area contributed by atoms with Crippen molar-refractivity contribution in [3.63, 3.8) is 0 Å². The third-order valence-corrected chi connectivity index (χ3v) is 5.72. The molecule has 0 aliphatic heterocycles. The summed E-state index contributed by atoms with van der Waals surface area (Å²) in [6, 6.07) is 22.0. The minimum Gasteiger partial charge on any atom is -0.395 e. The predicted octanol–water partition coefficient (Wildman–Crippen LogP) is 4.77. The normalized spacial score (nSPS) is 11.9. The van der Waals surface area contributed by atoms with Gasteiger partial charge in [-0.15, -0.1) is 0 Å². The molecule has 188 valence electrons. The van der Waals surface area contributed by atoms with Gasteiger partial charge in [-0.2, -0.15) is 0 Å². The highest BCUT2D eigenvalue weighted by Crippen LogP contribution is 2.22. The molecule has 3 rings (SSSR count). The number of carbonyl (C=O) groups is 2. The number of hydrogen-bond acceptors (Lipinski definition) is 5. The SMILES string of the molecule is CNc1ccccc1NC(=O)/C=C/c1ccc(C(NCCO)C(=O)Nc2ccc(C(C)C)cc2)cc1. The van der Waals surface area contributed by atoms with Gasteiger partial charge in [-0.1, -0.05) is 62.4 Å². The van der Waals surface area contributed by atoms with Gasteiger partial charge < -0.3 is 21.1 Å². The largest absolute Gasteiger partial charge is 0.395 e. The van der Waals surface area contributed by atoms with Crippen molar-refractivity contribution in [2.45, 2.75) is 25.8 Å². The molecule has 0 radical (unpaired) electrons. The first-order valence-electron chi connectivity index (χ1n) is 12.0. The third kappa shape index (κ3) is 7.53. The van der Waals surface area contributed by atoms with Gasteiger partial charge in [-0.05, 0) is 52.9 Å². The average molecular weight is 487 g/mol. The Bertz CT molecular complexity index is 1170. The molecule has 1 unspecified atom stereocenters. The van der Waals surface area contributed by atoms with Crippen LogP contribution in [-0.4, -0.2) is 37.1 Å². The Morgan fingerprint density at radius 2 is 1.50 bits per heavy atom. The molecule has 7 nitrogen and oxygen atoms in total. The summed E-state index contributed by atoms with van der Waals surface area (Å²) >= 11 is 0. The quantitative estimate of drug-likeness (QED) is 0.251. The number of rotatable bonds is 11. The Morgan fingerprint density at radius 1 is 0.861 bits per heavy atom. The molecule has 36 heavy (non-hydrogen) atoms. The number of benzene rings is 3. The van der Waals surface area contributed by atoms with Crippen LogP contribution in [0.2, 0.25) is 0 Å². The van der Waals surface area contributed by atoms with E-state index in [0.717, 1.165) is 16.8 Å². The van der Waals surface area contributed by atoms with Gasteiger partial charge in [0.25, 0.3) is 0 Å². The van der Waals surface area contributed by atoms with Gasteiger partial charge in [0.05, 0.1) is 18.0 Å². The second kappa shape index (κ2) is 13.2. The van der Waals surface area contributed by atoms with E-state index < -0.39 is 6.04 Å². The highest BCUT2D eigenvalue weighted by Gasteiger charge is 2.20. The molecule has 3 aromatic rings. The van der Waals surface area contributed by atoms with Gasteiger partial charge in [-0.25, -0.2) is 0 Å². The van der Waals surface area contributed by atoms with Crippen LogP contribution in [0.4, 0.5) is 17.1 Å². The molecule has 0 saturated carbocycles. The summed E-state index contributed by atoms with van der Waals surface area (Å²) in [7, 11) is 1.80. The van der Waals surface area contributed by atoms with E-state index in [9.17, 15) is 14.7 Å². The van der Waals surface area contributed by atoms with E-state index in [1.807, 2.05) is 72.8 Å². The average Bonchev–Trinajstić information content (AvgIpc) is 2.89. The summed E-state index contributed by atoms with van der Waals surface area (Å²) in [4.78, 5) is 25.4. The highest BCUT2D eigenvalue weighted by atomic mass is 16.3. The standard InChI is InChI=1S/C29H34N4O3/c1-20(2)22-13-15-24(16-14-22)32-29(36)28(31-18-19-34)23-11-8-21(9-12-23)10-17-27(35)33-26-7-5-4-6-25(26)30-3/h4-17,20,28,30-31,34H,18-19H2,1-3H3,(H,32,36)(H,33,35)/b17-10+. The van der Waals surface area contributed by atoms with Gasteiger partial charge in [0.2, 0.25) is 11.8 Å². The van der Waals surface area contributed by atoms with Crippen molar-refractivity contribution in [1.82, 2.24) is 5.32 Å². The van der Waals surface area contributed by atoms with Crippen LogP contribution in [0.15, 0.2) is 78.9 Å². The van der Waals surface area contributed by atoms with Crippen LogP contribution in [0.5, 0.6) is 0 Å². The van der Waals surface area contributed by atoms with Crippen LogP contribution in [0.1, 0.15) is 42.5 Å². The van der Waals surface area contributed by atoms with E-state index in [1.54, 1.807) is 13.1 Å². The van der Waals surface area contributed by atoms with Crippen molar-refractivity contribution in [2.24, 2.45) is 0 Å². The minimum atomic E-state index is -0.638. The molecule has 0 aliphatic carbocycles. The molecule has 0 aromatic heterocycles. The van der Waals surface area contributed by atoms with E-state index in [1.165, 1.54) is 11.6 Å². The zero-order chi connectivity index (χ0) is 25.9. The molecule has 2 amide bonds. The van der Waals surface area contributed by atoms with Gasteiger partial charge in [0.15, 0.2) is 0 Å². The van der Waals surface area contributed by atoms with Crippen LogP contribution >= 0.6 is 0 Å². The van der Waals surface area contributed by atoms with E-state index in [-0.39, 0.29) is 25.0 Å². The van der Waals surface area contributed by atoms with Crippen LogP contribution < -0.4 is 21.3 Å².